The van der Waals surface area contributed by atoms with Gasteiger partial charge in [0.1, 0.15) is 11.7 Å². The van der Waals surface area contributed by atoms with Gasteiger partial charge in [0.15, 0.2) is 0 Å². The number of ether oxygens (including phenoxy) is 2. The molecule has 0 amide bonds. The molecule has 2 aromatic rings. The van der Waals surface area contributed by atoms with Gasteiger partial charge in [0.2, 0.25) is 0 Å². The molecule has 0 N–H and O–H groups in total. The topological polar surface area (TPSA) is 38.8 Å². The molecule has 1 aliphatic rings. The fourth-order valence-electron chi connectivity index (χ4n) is 3.56. The molecule has 1 heterocycles. The van der Waals surface area contributed by atoms with Crippen molar-refractivity contribution in [2.24, 2.45) is 0 Å². The first kappa shape index (κ1) is 19.4. The van der Waals surface area contributed by atoms with Gasteiger partial charge in [0.25, 0.3) is 0 Å². The second kappa shape index (κ2) is 8.57. The summed E-state index contributed by atoms with van der Waals surface area (Å²) in [6.45, 7) is 8.09. The standard InChI is InChI=1S/C23H29NO3/c1-23(2,3)27-22(25)26-21-17-24(16-18-10-6-4-7-11-18)15-14-20(21)19-12-8-5-9-13-19/h4-13,20-21H,14-17H2,1-3H3/t20-,21+/m1/s1. The molecule has 1 fully saturated rings. The first-order valence-electron chi connectivity index (χ1n) is 9.61. The maximum atomic E-state index is 12.3. The third-order valence-corrected chi connectivity index (χ3v) is 4.76. The van der Waals surface area contributed by atoms with Gasteiger partial charge in [-0.3, -0.25) is 4.90 Å². The lowest BCUT2D eigenvalue weighted by Gasteiger charge is -2.38. The van der Waals surface area contributed by atoms with E-state index in [1.807, 2.05) is 45.0 Å². The lowest BCUT2D eigenvalue weighted by Crippen LogP contribution is -2.45. The van der Waals surface area contributed by atoms with Crippen molar-refractivity contribution in [1.29, 1.82) is 0 Å². The summed E-state index contributed by atoms with van der Waals surface area (Å²) in [6, 6.07) is 20.7. The van der Waals surface area contributed by atoms with Crippen LogP contribution in [-0.4, -0.2) is 35.8 Å². The molecule has 0 radical (unpaired) electrons. The smallest absolute Gasteiger partial charge is 0.429 e. The van der Waals surface area contributed by atoms with Crippen molar-refractivity contribution in [1.82, 2.24) is 4.90 Å². The Bertz CT molecular complexity index is 724. The first-order valence-corrected chi connectivity index (χ1v) is 9.61. The number of likely N-dealkylation sites (tertiary alicyclic amines) is 1. The van der Waals surface area contributed by atoms with Crippen LogP contribution in [0.2, 0.25) is 0 Å². The van der Waals surface area contributed by atoms with E-state index in [9.17, 15) is 4.79 Å². The zero-order valence-corrected chi connectivity index (χ0v) is 16.4. The molecule has 0 spiro atoms. The van der Waals surface area contributed by atoms with Gasteiger partial charge >= 0.3 is 6.16 Å². The molecule has 1 aliphatic heterocycles. The summed E-state index contributed by atoms with van der Waals surface area (Å²) in [7, 11) is 0. The highest BCUT2D eigenvalue weighted by molar-refractivity contribution is 5.61. The van der Waals surface area contributed by atoms with Crippen LogP contribution in [0.25, 0.3) is 0 Å². The van der Waals surface area contributed by atoms with E-state index in [1.165, 1.54) is 11.1 Å². The summed E-state index contributed by atoms with van der Waals surface area (Å²) in [4.78, 5) is 14.7. The second-order valence-corrected chi connectivity index (χ2v) is 8.15. The van der Waals surface area contributed by atoms with Gasteiger partial charge in [-0.1, -0.05) is 60.7 Å². The van der Waals surface area contributed by atoms with Crippen molar-refractivity contribution in [2.45, 2.75) is 51.4 Å². The first-order chi connectivity index (χ1) is 12.9. The van der Waals surface area contributed by atoms with Gasteiger partial charge in [-0.05, 0) is 44.9 Å². The van der Waals surface area contributed by atoms with Crippen molar-refractivity contribution < 1.29 is 14.3 Å². The van der Waals surface area contributed by atoms with Crippen LogP contribution in [0.3, 0.4) is 0 Å². The minimum atomic E-state index is -0.588. The molecule has 0 saturated carbocycles. The third-order valence-electron chi connectivity index (χ3n) is 4.76. The normalized spacial score (nSPS) is 20.9. The Kier molecular flexibility index (Phi) is 6.17. The molecule has 0 bridgehead atoms. The average molecular weight is 367 g/mol. The van der Waals surface area contributed by atoms with E-state index in [-0.39, 0.29) is 12.0 Å². The van der Waals surface area contributed by atoms with E-state index in [0.717, 1.165) is 19.5 Å². The monoisotopic (exact) mass is 367 g/mol. The predicted molar refractivity (Wildman–Crippen MR) is 107 cm³/mol. The maximum absolute atomic E-state index is 12.3. The Morgan fingerprint density at radius 1 is 1.04 bits per heavy atom. The molecule has 3 rings (SSSR count). The second-order valence-electron chi connectivity index (χ2n) is 8.15. The molecule has 4 heteroatoms. The van der Waals surface area contributed by atoms with Crippen molar-refractivity contribution in [2.75, 3.05) is 13.1 Å². The number of rotatable bonds is 4. The number of nitrogens with zero attached hydrogens (tertiary/aromatic N) is 1. The molecule has 144 valence electrons. The van der Waals surface area contributed by atoms with E-state index in [1.54, 1.807) is 0 Å². The Balaban J connectivity index is 1.72. The van der Waals surface area contributed by atoms with Crippen LogP contribution in [0, 0.1) is 0 Å². The molecule has 0 aliphatic carbocycles. The van der Waals surface area contributed by atoms with Crippen LogP contribution in [0.4, 0.5) is 4.79 Å². The van der Waals surface area contributed by atoms with E-state index in [4.69, 9.17) is 9.47 Å². The molecular weight excluding hydrogens is 338 g/mol. The number of benzene rings is 2. The van der Waals surface area contributed by atoms with Gasteiger partial charge in [-0.25, -0.2) is 4.79 Å². The fourth-order valence-corrected chi connectivity index (χ4v) is 3.56. The van der Waals surface area contributed by atoms with E-state index in [0.29, 0.717) is 6.54 Å². The number of hydrogen-bond acceptors (Lipinski definition) is 4. The van der Waals surface area contributed by atoms with Crippen LogP contribution < -0.4 is 0 Å². The largest absolute Gasteiger partial charge is 0.509 e. The summed E-state index contributed by atoms with van der Waals surface area (Å²) in [5.41, 5.74) is 1.93. The molecule has 0 unspecified atom stereocenters. The zero-order chi connectivity index (χ0) is 19.3. The number of piperidine rings is 1. The zero-order valence-electron chi connectivity index (χ0n) is 16.4. The SMILES string of the molecule is CC(C)(C)OC(=O)O[C@H]1CN(Cc2ccccc2)CC[C@@H]1c1ccccc1. The summed E-state index contributed by atoms with van der Waals surface area (Å²) < 4.78 is 11.2. The third kappa shape index (κ3) is 5.83. The molecular formula is C23H29NO3. The van der Waals surface area contributed by atoms with E-state index < -0.39 is 11.8 Å². The summed E-state index contributed by atoms with van der Waals surface area (Å²) in [5, 5.41) is 0. The van der Waals surface area contributed by atoms with Gasteiger partial charge in [-0.2, -0.15) is 0 Å². The van der Waals surface area contributed by atoms with Crippen molar-refractivity contribution in [3.8, 4) is 0 Å². The number of carbonyl (C=O) groups excluding carboxylic acids is 1. The highest BCUT2D eigenvalue weighted by atomic mass is 16.7. The van der Waals surface area contributed by atoms with Gasteiger partial charge in [0, 0.05) is 19.0 Å². The molecule has 2 aromatic carbocycles. The lowest BCUT2D eigenvalue weighted by atomic mass is 9.87. The van der Waals surface area contributed by atoms with Gasteiger partial charge in [0.05, 0.1) is 0 Å². The minimum absolute atomic E-state index is 0.186. The van der Waals surface area contributed by atoms with Gasteiger partial charge in [-0.15, -0.1) is 0 Å². The van der Waals surface area contributed by atoms with Gasteiger partial charge < -0.3 is 9.47 Å². The van der Waals surface area contributed by atoms with E-state index in [2.05, 4.69) is 41.3 Å². The highest BCUT2D eigenvalue weighted by Gasteiger charge is 2.34. The van der Waals surface area contributed by atoms with Crippen LogP contribution in [0.1, 0.15) is 44.2 Å². The van der Waals surface area contributed by atoms with Crippen molar-refractivity contribution in [3.05, 3.63) is 71.8 Å². The summed E-state index contributed by atoms with van der Waals surface area (Å²) in [6.07, 6.45) is 0.138. The average Bonchev–Trinajstić information content (AvgIpc) is 2.62. The Labute approximate surface area is 162 Å². The summed E-state index contributed by atoms with van der Waals surface area (Å²) in [5.74, 6) is 0.186. The number of hydrogen-bond donors (Lipinski definition) is 0. The number of carbonyl (C=O) groups is 1. The fraction of sp³-hybridized carbons (Fsp3) is 0.435. The van der Waals surface area contributed by atoms with Crippen LogP contribution in [0.5, 0.6) is 0 Å². The van der Waals surface area contributed by atoms with Crippen LogP contribution >= 0.6 is 0 Å². The highest BCUT2D eigenvalue weighted by Crippen LogP contribution is 2.31. The Hall–Kier alpha value is -2.33. The Morgan fingerprint density at radius 3 is 2.30 bits per heavy atom. The molecule has 2 atom stereocenters. The minimum Gasteiger partial charge on any atom is -0.429 e. The molecule has 27 heavy (non-hydrogen) atoms. The lowest BCUT2D eigenvalue weighted by molar-refractivity contribution is -0.0492. The van der Waals surface area contributed by atoms with Crippen LogP contribution in [0.15, 0.2) is 60.7 Å². The molecule has 4 nitrogen and oxygen atoms in total. The van der Waals surface area contributed by atoms with Crippen LogP contribution in [-0.2, 0) is 16.0 Å². The Morgan fingerprint density at radius 2 is 1.67 bits per heavy atom. The van der Waals surface area contributed by atoms with Crippen molar-refractivity contribution in [3.63, 3.8) is 0 Å². The molecule has 0 aromatic heterocycles. The molecule has 1 saturated heterocycles. The van der Waals surface area contributed by atoms with Crippen molar-refractivity contribution >= 4 is 6.16 Å². The summed E-state index contributed by atoms with van der Waals surface area (Å²) >= 11 is 0. The quantitative estimate of drug-likeness (QED) is 0.713. The van der Waals surface area contributed by atoms with E-state index >= 15 is 0 Å². The maximum Gasteiger partial charge on any atom is 0.509 e. The predicted octanol–water partition coefficient (Wildman–Crippen LogP) is 5.00.